The van der Waals surface area contributed by atoms with Crippen LogP contribution in [0.4, 0.5) is 11.8 Å². The van der Waals surface area contributed by atoms with Gasteiger partial charge >= 0.3 is 0 Å². The first-order valence-electron chi connectivity index (χ1n) is 10.0. The Hall–Kier alpha value is -2.19. The van der Waals surface area contributed by atoms with Gasteiger partial charge in [0.05, 0.1) is 24.4 Å². The number of aryl methyl sites for hydroxylation is 1. The molecule has 0 saturated carbocycles. The lowest BCUT2D eigenvalue weighted by molar-refractivity contribution is -0.0203. The SMILES string of the molecule is CC(C)[C@@H]1OCCC[C@H]1Nc1ccnc(NC[C@@H](c2cnn(C)c2)N(C)C)n1. The molecule has 2 aromatic rings. The van der Waals surface area contributed by atoms with Gasteiger partial charge in [-0.1, -0.05) is 13.8 Å². The number of nitrogens with zero attached hydrogens (tertiary/aromatic N) is 5. The largest absolute Gasteiger partial charge is 0.376 e. The maximum atomic E-state index is 5.98. The van der Waals surface area contributed by atoms with Crippen molar-refractivity contribution in [2.24, 2.45) is 13.0 Å². The molecule has 8 nitrogen and oxygen atoms in total. The van der Waals surface area contributed by atoms with E-state index >= 15 is 0 Å². The van der Waals surface area contributed by atoms with Gasteiger partial charge in [0.1, 0.15) is 5.82 Å². The second-order valence-electron chi connectivity index (χ2n) is 8.05. The number of hydrogen-bond acceptors (Lipinski definition) is 7. The van der Waals surface area contributed by atoms with Crippen molar-refractivity contribution in [2.45, 2.75) is 44.9 Å². The van der Waals surface area contributed by atoms with Crippen LogP contribution in [0.15, 0.2) is 24.7 Å². The number of rotatable bonds is 8. The smallest absolute Gasteiger partial charge is 0.224 e. The summed E-state index contributed by atoms with van der Waals surface area (Å²) >= 11 is 0. The Balaban J connectivity index is 1.64. The predicted molar refractivity (Wildman–Crippen MR) is 111 cm³/mol. The van der Waals surface area contributed by atoms with Gasteiger partial charge in [0.25, 0.3) is 0 Å². The van der Waals surface area contributed by atoms with Gasteiger partial charge < -0.3 is 20.3 Å². The van der Waals surface area contributed by atoms with Gasteiger partial charge in [0, 0.05) is 38.2 Å². The van der Waals surface area contributed by atoms with E-state index in [0.29, 0.717) is 18.4 Å². The van der Waals surface area contributed by atoms with Crippen LogP contribution in [0.1, 0.15) is 38.3 Å². The zero-order chi connectivity index (χ0) is 20.1. The monoisotopic (exact) mass is 387 g/mol. The van der Waals surface area contributed by atoms with E-state index in [4.69, 9.17) is 4.74 Å². The quantitative estimate of drug-likeness (QED) is 0.720. The fourth-order valence-electron chi connectivity index (χ4n) is 3.73. The summed E-state index contributed by atoms with van der Waals surface area (Å²) in [6.45, 7) is 5.95. The van der Waals surface area contributed by atoms with Crippen LogP contribution in [0.3, 0.4) is 0 Å². The van der Waals surface area contributed by atoms with Gasteiger partial charge in [-0.05, 0) is 38.9 Å². The Bertz CT molecular complexity index is 746. The summed E-state index contributed by atoms with van der Waals surface area (Å²) in [7, 11) is 6.06. The molecule has 1 saturated heterocycles. The van der Waals surface area contributed by atoms with Gasteiger partial charge in [0.15, 0.2) is 0 Å². The first-order chi connectivity index (χ1) is 13.4. The molecule has 2 aromatic heterocycles. The van der Waals surface area contributed by atoms with E-state index in [1.54, 1.807) is 6.20 Å². The first-order valence-corrected chi connectivity index (χ1v) is 10.0. The summed E-state index contributed by atoms with van der Waals surface area (Å²) < 4.78 is 7.80. The van der Waals surface area contributed by atoms with Crippen LogP contribution >= 0.6 is 0 Å². The number of ether oxygens (including phenoxy) is 1. The van der Waals surface area contributed by atoms with E-state index < -0.39 is 0 Å². The molecule has 0 aromatic carbocycles. The molecule has 1 fully saturated rings. The molecule has 154 valence electrons. The van der Waals surface area contributed by atoms with Crippen molar-refractivity contribution < 1.29 is 4.74 Å². The summed E-state index contributed by atoms with van der Waals surface area (Å²) in [6, 6.07) is 2.38. The molecule has 0 aliphatic carbocycles. The molecule has 0 radical (unpaired) electrons. The van der Waals surface area contributed by atoms with Crippen molar-refractivity contribution in [1.82, 2.24) is 24.6 Å². The van der Waals surface area contributed by atoms with Crippen LogP contribution in [0.2, 0.25) is 0 Å². The van der Waals surface area contributed by atoms with E-state index in [2.05, 4.69) is 58.5 Å². The molecule has 0 bridgehead atoms. The highest BCUT2D eigenvalue weighted by Crippen LogP contribution is 2.24. The molecule has 3 atom stereocenters. The van der Waals surface area contributed by atoms with E-state index in [-0.39, 0.29) is 18.2 Å². The lowest BCUT2D eigenvalue weighted by atomic mass is 9.94. The van der Waals surface area contributed by atoms with E-state index in [0.717, 1.165) is 30.8 Å². The van der Waals surface area contributed by atoms with Crippen LogP contribution in [-0.4, -0.2) is 64.0 Å². The number of nitrogens with one attached hydrogen (secondary N) is 2. The van der Waals surface area contributed by atoms with Crippen LogP contribution in [0, 0.1) is 5.92 Å². The molecule has 3 rings (SSSR count). The molecule has 0 amide bonds. The highest BCUT2D eigenvalue weighted by molar-refractivity contribution is 5.41. The number of anilines is 2. The molecule has 2 N–H and O–H groups in total. The summed E-state index contributed by atoms with van der Waals surface area (Å²) in [5.41, 5.74) is 1.16. The Morgan fingerprint density at radius 3 is 2.86 bits per heavy atom. The van der Waals surface area contributed by atoms with E-state index in [1.807, 2.05) is 30.2 Å². The average Bonchev–Trinajstić information content (AvgIpc) is 3.08. The molecular formula is C20H33N7O. The Morgan fingerprint density at radius 1 is 1.36 bits per heavy atom. The Morgan fingerprint density at radius 2 is 2.18 bits per heavy atom. The third-order valence-electron chi connectivity index (χ3n) is 5.20. The van der Waals surface area contributed by atoms with Crippen molar-refractivity contribution in [3.05, 3.63) is 30.2 Å². The molecule has 3 heterocycles. The van der Waals surface area contributed by atoms with Gasteiger partial charge in [-0.3, -0.25) is 4.68 Å². The maximum absolute atomic E-state index is 5.98. The highest BCUT2D eigenvalue weighted by atomic mass is 16.5. The Labute approximate surface area is 167 Å². The minimum Gasteiger partial charge on any atom is -0.376 e. The van der Waals surface area contributed by atoms with Gasteiger partial charge in [-0.25, -0.2) is 4.98 Å². The zero-order valence-electron chi connectivity index (χ0n) is 17.6. The molecule has 0 unspecified atom stereocenters. The average molecular weight is 388 g/mol. The minimum absolute atomic E-state index is 0.186. The molecular weight excluding hydrogens is 354 g/mol. The second kappa shape index (κ2) is 9.34. The van der Waals surface area contributed by atoms with Crippen molar-refractivity contribution in [1.29, 1.82) is 0 Å². The normalized spacial score (nSPS) is 21.1. The van der Waals surface area contributed by atoms with Crippen molar-refractivity contribution in [3.63, 3.8) is 0 Å². The van der Waals surface area contributed by atoms with Gasteiger partial charge in [-0.2, -0.15) is 10.1 Å². The minimum atomic E-state index is 0.186. The van der Waals surface area contributed by atoms with Crippen molar-refractivity contribution in [2.75, 3.05) is 37.9 Å². The summed E-state index contributed by atoms with van der Waals surface area (Å²) in [4.78, 5) is 11.2. The number of likely N-dealkylation sites (N-methyl/N-ethyl adjacent to an activating group) is 1. The highest BCUT2D eigenvalue weighted by Gasteiger charge is 2.28. The fraction of sp³-hybridized carbons (Fsp3) is 0.650. The third kappa shape index (κ3) is 5.20. The van der Waals surface area contributed by atoms with E-state index in [1.165, 1.54) is 0 Å². The summed E-state index contributed by atoms with van der Waals surface area (Å²) in [6.07, 6.45) is 8.12. The van der Waals surface area contributed by atoms with Crippen molar-refractivity contribution in [3.8, 4) is 0 Å². The van der Waals surface area contributed by atoms with Crippen LogP contribution in [0.5, 0.6) is 0 Å². The third-order valence-corrected chi connectivity index (χ3v) is 5.20. The molecule has 1 aliphatic rings. The molecule has 28 heavy (non-hydrogen) atoms. The van der Waals surface area contributed by atoms with Crippen LogP contribution in [0.25, 0.3) is 0 Å². The maximum Gasteiger partial charge on any atom is 0.224 e. The van der Waals surface area contributed by atoms with E-state index in [9.17, 15) is 0 Å². The molecule has 1 aliphatic heterocycles. The Kier molecular flexibility index (Phi) is 6.85. The number of aromatic nitrogens is 4. The van der Waals surface area contributed by atoms with Crippen molar-refractivity contribution >= 4 is 11.8 Å². The predicted octanol–water partition coefficient (Wildman–Crippen LogP) is 2.54. The molecule has 8 heteroatoms. The number of hydrogen-bond donors (Lipinski definition) is 2. The summed E-state index contributed by atoms with van der Waals surface area (Å²) in [5, 5.41) is 11.2. The van der Waals surface area contributed by atoms with Gasteiger partial charge in [-0.15, -0.1) is 0 Å². The topological polar surface area (TPSA) is 80.1 Å². The van der Waals surface area contributed by atoms with Crippen LogP contribution < -0.4 is 10.6 Å². The summed E-state index contributed by atoms with van der Waals surface area (Å²) in [5.74, 6) is 1.93. The zero-order valence-corrected chi connectivity index (χ0v) is 17.6. The van der Waals surface area contributed by atoms with Crippen LogP contribution in [-0.2, 0) is 11.8 Å². The lowest BCUT2D eigenvalue weighted by Crippen LogP contribution is -2.43. The first kappa shape index (κ1) is 20.5. The second-order valence-corrected chi connectivity index (χ2v) is 8.05. The standard InChI is InChI=1S/C20H33N7O/c1-14(2)19-16(7-6-10-28-19)24-18-8-9-21-20(25-18)22-12-17(26(3)4)15-11-23-27(5)13-15/h8-9,11,13-14,16-17,19H,6-7,10,12H2,1-5H3,(H2,21,22,24,25)/t16-,17+,19+/m1/s1. The lowest BCUT2D eigenvalue weighted by Gasteiger charge is -2.35. The van der Waals surface area contributed by atoms with Gasteiger partial charge in [0.2, 0.25) is 5.95 Å². The fourth-order valence-corrected chi connectivity index (χ4v) is 3.73. The molecule has 0 spiro atoms.